The van der Waals surface area contributed by atoms with Crippen molar-refractivity contribution in [1.29, 1.82) is 0 Å². The van der Waals surface area contributed by atoms with Gasteiger partial charge in [-0.25, -0.2) is 0 Å². The number of aliphatic carboxylic acids is 2. The molecule has 0 saturated carbocycles. The van der Waals surface area contributed by atoms with Crippen LogP contribution in [0.3, 0.4) is 0 Å². The van der Waals surface area contributed by atoms with Crippen LogP contribution in [-0.2, 0) is 47.7 Å². The summed E-state index contributed by atoms with van der Waals surface area (Å²) in [6, 6.07) is 0. The van der Waals surface area contributed by atoms with Crippen LogP contribution in [0, 0.1) is 0 Å². The summed E-state index contributed by atoms with van der Waals surface area (Å²) in [5, 5.41) is 34.7. The minimum Gasteiger partial charge on any atom is -0.481 e. The zero-order chi connectivity index (χ0) is 47.7. The maximum Gasteiger partial charge on any atom is 0.314 e. The molecule has 0 amide bonds. The Morgan fingerprint density at radius 2 is 0.797 bits per heavy atom. The van der Waals surface area contributed by atoms with Crippen LogP contribution < -0.4 is 0 Å². The SMILES string of the molecule is CCCCCCCCCCCCCCCCCC(=O)O.CCCCCCCCCCCCCCCCCC(=O)OCC(O)COC(=O)CCC(=O)O.O=C1CCC(=O)O1.OCC1CO1. The lowest BCUT2D eigenvalue weighted by Crippen LogP contribution is -2.25. The van der Waals surface area contributed by atoms with Gasteiger partial charge in [-0.2, -0.15) is 0 Å². The third kappa shape index (κ3) is 55.0. The van der Waals surface area contributed by atoms with Crippen LogP contribution in [0.4, 0.5) is 0 Å². The molecule has 0 bridgehead atoms. The van der Waals surface area contributed by atoms with Crippen molar-refractivity contribution < 1.29 is 68.1 Å². The Labute approximate surface area is 386 Å². The number of aliphatic hydroxyl groups excluding tert-OH is 2. The second-order valence-electron chi connectivity index (χ2n) is 17.2. The van der Waals surface area contributed by atoms with Crippen LogP contribution in [0.5, 0.6) is 0 Å². The van der Waals surface area contributed by atoms with Gasteiger partial charge in [0.15, 0.2) is 0 Å². The van der Waals surface area contributed by atoms with Gasteiger partial charge in [-0.3, -0.25) is 28.8 Å². The van der Waals surface area contributed by atoms with E-state index in [1.807, 2.05) is 0 Å². The van der Waals surface area contributed by atoms with Crippen molar-refractivity contribution in [3.05, 3.63) is 0 Å². The molecule has 0 aromatic heterocycles. The normalized spacial score (nSPS) is 14.2. The van der Waals surface area contributed by atoms with Crippen molar-refractivity contribution in [2.75, 3.05) is 26.4 Å². The van der Waals surface area contributed by atoms with E-state index in [1.54, 1.807) is 0 Å². The molecule has 64 heavy (non-hydrogen) atoms. The molecule has 2 aliphatic heterocycles. The Bertz CT molecular complexity index is 1110. The minimum atomic E-state index is -1.10. The van der Waals surface area contributed by atoms with Crippen molar-refractivity contribution >= 4 is 35.8 Å². The summed E-state index contributed by atoms with van der Waals surface area (Å²) < 4.78 is 18.4. The zero-order valence-corrected chi connectivity index (χ0v) is 40.3. The monoisotopic (exact) mass is 917 g/mol. The molecule has 2 unspecified atom stereocenters. The van der Waals surface area contributed by atoms with Gasteiger partial charge >= 0.3 is 35.8 Å². The summed E-state index contributed by atoms with van der Waals surface area (Å²) in [6.07, 6.45) is 38.5. The summed E-state index contributed by atoms with van der Waals surface area (Å²) >= 11 is 0. The summed E-state index contributed by atoms with van der Waals surface area (Å²) in [4.78, 5) is 63.7. The average molecular weight is 917 g/mol. The fraction of sp³-hybridized carbons (Fsp3) is 0.880. The molecule has 14 nitrogen and oxygen atoms in total. The van der Waals surface area contributed by atoms with Crippen LogP contribution >= 0.6 is 0 Å². The number of hydrogen-bond donors (Lipinski definition) is 4. The Hall–Kier alpha value is -3.10. The lowest BCUT2D eigenvalue weighted by atomic mass is 10.0. The molecule has 2 fully saturated rings. The molecule has 0 radical (unpaired) electrons. The molecule has 376 valence electrons. The van der Waals surface area contributed by atoms with Gasteiger partial charge in [0.25, 0.3) is 0 Å². The molecule has 0 aromatic rings. The van der Waals surface area contributed by atoms with E-state index in [0.717, 1.165) is 38.7 Å². The van der Waals surface area contributed by atoms with Crippen LogP contribution in [-0.4, -0.2) is 94.9 Å². The molecule has 0 spiro atoms. The number of cyclic esters (lactones) is 2. The number of aliphatic hydroxyl groups is 2. The molecular weight excluding hydrogens is 825 g/mol. The van der Waals surface area contributed by atoms with Gasteiger partial charge in [-0.15, -0.1) is 0 Å². The van der Waals surface area contributed by atoms with Gasteiger partial charge in [0.2, 0.25) is 0 Å². The van der Waals surface area contributed by atoms with Crippen LogP contribution in [0.15, 0.2) is 0 Å². The van der Waals surface area contributed by atoms with Gasteiger partial charge < -0.3 is 39.4 Å². The standard InChI is InChI=1S/C25H46O7.C18H36O2.C4H4O3.C3H6O2/c1-2-3-4-5-6-7-8-9-10-11-12-13-14-15-16-17-24(29)31-20-22(26)21-32-25(30)19-18-23(27)28;1-2-3-4-5-6-7-8-9-10-11-12-13-14-15-16-17-18(19)20;5-3-1-2-4(6)7-3;4-1-3-2-5-3/h22,26H,2-21H2,1H3,(H,27,28);2-17H2,1H3,(H,19,20);1-2H2;3-4H,1-2H2. The van der Waals surface area contributed by atoms with Crippen molar-refractivity contribution in [2.24, 2.45) is 0 Å². The summed E-state index contributed by atoms with van der Waals surface area (Å²) in [6.45, 7) is 4.93. The van der Waals surface area contributed by atoms with E-state index >= 15 is 0 Å². The molecule has 2 saturated heterocycles. The number of carboxylic acid groups (broad SMARTS) is 2. The van der Waals surface area contributed by atoms with Gasteiger partial charge in [0.05, 0.1) is 38.9 Å². The number of ether oxygens (including phenoxy) is 4. The molecule has 2 heterocycles. The van der Waals surface area contributed by atoms with E-state index in [4.69, 9.17) is 24.8 Å². The third-order valence-electron chi connectivity index (χ3n) is 10.8. The molecule has 0 aliphatic carbocycles. The third-order valence-corrected chi connectivity index (χ3v) is 10.8. The Morgan fingerprint density at radius 1 is 0.500 bits per heavy atom. The summed E-state index contributed by atoms with van der Waals surface area (Å²) in [5.74, 6) is -3.60. The van der Waals surface area contributed by atoms with Crippen molar-refractivity contribution in [1.82, 2.24) is 0 Å². The van der Waals surface area contributed by atoms with Crippen molar-refractivity contribution in [2.45, 2.75) is 257 Å². The predicted octanol–water partition coefficient (Wildman–Crippen LogP) is 11.1. The van der Waals surface area contributed by atoms with E-state index in [9.17, 15) is 33.9 Å². The highest BCUT2D eigenvalue weighted by Gasteiger charge is 2.20. The number of epoxide rings is 1. The van der Waals surface area contributed by atoms with Crippen LogP contribution in [0.2, 0.25) is 0 Å². The molecule has 4 N–H and O–H groups in total. The van der Waals surface area contributed by atoms with E-state index in [2.05, 4.69) is 23.3 Å². The molecule has 2 atom stereocenters. The average Bonchev–Trinajstić information content (AvgIpc) is 4.04. The zero-order valence-electron chi connectivity index (χ0n) is 40.3. The first-order chi connectivity index (χ1) is 30.9. The first kappa shape index (κ1) is 63.0. The minimum absolute atomic E-state index is 0.190. The molecule has 2 rings (SSSR count). The Balaban J connectivity index is 0. The number of hydrogen-bond acceptors (Lipinski definition) is 12. The van der Waals surface area contributed by atoms with E-state index in [-0.39, 0.29) is 57.6 Å². The second-order valence-corrected chi connectivity index (χ2v) is 17.2. The number of unbranched alkanes of at least 4 members (excludes halogenated alkanes) is 28. The van der Waals surface area contributed by atoms with Gasteiger partial charge in [-0.1, -0.05) is 194 Å². The number of rotatable bonds is 40. The number of esters is 4. The highest BCUT2D eigenvalue weighted by atomic mass is 16.6. The maximum atomic E-state index is 11.7. The highest BCUT2D eigenvalue weighted by molar-refractivity contribution is 5.92. The van der Waals surface area contributed by atoms with Crippen LogP contribution in [0.1, 0.15) is 245 Å². The smallest absolute Gasteiger partial charge is 0.314 e. The fourth-order valence-electron chi connectivity index (χ4n) is 6.67. The molecule has 14 heteroatoms. The van der Waals surface area contributed by atoms with Gasteiger partial charge in [-0.05, 0) is 12.8 Å². The first-order valence-electron chi connectivity index (χ1n) is 25.3. The van der Waals surface area contributed by atoms with Crippen molar-refractivity contribution in [3.63, 3.8) is 0 Å². The summed E-state index contributed by atoms with van der Waals surface area (Å²) in [7, 11) is 0. The molecule has 0 aromatic carbocycles. The van der Waals surface area contributed by atoms with Gasteiger partial charge in [0.1, 0.15) is 25.4 Å². The van der Waals surface area contributed by atoms with Crippen LogP contribution in [0.25, 0.3) is 0 Å². The topological polar surface area (TPSA) is 224 Å². The van der Waals surface area contributed by atoms with E-state index in [1.165, 1.54) is 161 Å². The first-order valence-corrected chi connectivity index (χ1v) is 25.3. The fourth-order valence-corrected chi connectivity index (χ4v) is 6.67. The largest absolute Gasteiger partial charge is 0.481 e. The quantitative estimate of drug-likeness (QED) is 0.0148. The van der Waals surface area contributed by atoms with E-state index < -0.39 is 36.0 Å². The van der Waals surface area contributed by atoms with Crippen molar-refractivity contribution in [3.8, 4) is 0 Å². The second kappa shape index (κ2) is 49.3. The maximum absolute atomic E-state index is 11.7. The number of carbonyl (C=O) groups excluding carboxylic acids is 4. The lowest BCUT2D eigenvalue weighted by molar-refractivity contribution is -0.154. The lowest BCUT2D eigenvalue weighted by Gasteiger charge is -2.11. The number of carbonyl (C=O) groups is 6. The highest BCUT2D eigenvalue weighted by Crippen LogP contribution is 2.15. The Kier molecular flexibility index (Phi) is 48.6. The van der Waals surface area contributed by atoms with E-state index in [0.29, 0.717) is 12.8 Å². The Morgan fingerprint density at radius 3 is 1.05 bits per heavy atom. The molecular formula is C50H92O14. The predicted molar refractivity (Wildman–Crippen MR) is 249 cm³/mol. The van der Waals surface area contributed by atoms with Gasteiger partial charge in [0, 0.05) is 12.8 Å². The summed E-state index contributed by atoms with van der Waals surface area (Å²) in [5.41, 5.74) is 0. The molecule has 2 aliphatic rings. The number of carboxylic acids is 2.